The third-order valence-electron chi connectivity index (χ3n) is 3.66. The molecule has 0 fully saturated rings. The zero-order chi connectivity index (χ0) is 16.9. The number of esters is 1. The van der Waals surface area contributed by atoms with Crippen LogP contribution in [0.5, 0.6) is 0 Å². The van der Waals surface area contributed by atoms with Crippen molar-refractivity contribution < 1.29 is 9.53 Å². The van der Waals surface area contributed by atoms with Crippen LogP contribution in [0.3, 0.4) is 0 Å². The second kappa shape index (κ2) is 7.77. The van der Waals surface area contributed by atoms with E-state index in [9.17, 15) is 4.79 Å². The molecule has 0 N–H and O–H groups in total. The van der Waals surface area contributed by atoms with E-state index in [0.717, 1.165) is 26.6 Å². The molecule has 0 aliphatic carbocycles. The lowest BCUT2D eigenvalue weighted by Gasteiger charge is -2.04. The summed E-state index contributed by atoms with van der Waals surface area (Å²) in [5.41, 5.74) is 2.26. The summed E-state index contributed by atoms with van der Waals surface area (Å²) in [4.78, 5) is 13.0. The highest BCUT2D eigenvalue weighted by Gasteiger charge is 2.12. The van der Waals surface area contributed by atoms with E-state index in [1.54, 1.807) is 11.8 Å². The van der Waals surface area contributed by atoms with Gasteiger partial charge in [0, 0.05) is 32.8 Å². The summed E-state index contributed by atoms with van der Waals surface area (Å²) in [6, 6.07) is 16.0. The molecule has 0 aliphatic rings. The number of fused-ring (bicyclic) bond motifs is 1. The summed E-state index contributed by atoms with van der Waals surface area (Å²) < 4.78 is 7.02. The Morgan fingerprint density at radius 1 is 1.17 bits per heavy atom. The smallest absolute Gasteiger partial charge is 0.325 e. The van der Waals surface area contributed by atoms with Gasteiger partial charge >= 0.3 is 5.97 Å². The molecule has 0 saturated carbocycles. The summed E-state index contributed by atoms with van der Waals surface area (Å²) in [5.74, 6) is 0.636. The molecule has 0 saturated heterocycles. The van der Waals surface area contributed by atoms with Gasteiger partial charge in [-0.25, -0.2) is 0 Å². The summed E-state index contributed by atoms with van der Waals surface area (Å²) in [5, 5.41) is 1.90. The Morgan fingerprint density at radius 3 is 2.67 bits per heavy atom. The number of hydrogen-bond acceptors (Lipinski definition) is 3. The van der Waals surface area contributed by atoms with Crippen molar-refractivity contribution in [1.29, 1.82) is 0 Å². The van der Waals surface area contributed by atoms with E-state index in [1.807, 2.05) is 60.2 Å². The Morgan fingerprint density at radius 2 is 1.92 bits per heavy atom. The van der Waals surface area contributed by atoms with Gasteiger partial charge in [0.25, 0.3) is 0 Å². The molecule has 3 rings (SSSR count). The van der Waals surface area contributed by atoms with E-state index in [2.05, 4.69) is 6.07 Å². The van der Waals surface area contributed by atoms with E-state index in [-0.39, 0.29) is 12.5 Å². The minimum atomic E-state index is -0.215. The van der Waals surface area contributed by atoms with Crippen LogP contribution in [0.15, 0.2) is 59.6 Å². The lowest BCUT2D eigenvalue weighted by molar-refractivity contribution is -0.143. The molecule has 5 heteroatoms. The molecule has 3 aromatic rings. The number of ether oxygens (including phenoxy) is 1. The van der Waals surface area contributed by atoms with Crippen molar-refractivity contribution in [2.75, 3.05) is 6.61 Å². The van der Waals surface area contributed by atoms with Crippen LogP contribution in [-0.2, 0) is 21.8 Å². The molecule has 124 valence electrons. The lowest BCUT2D eigenvalue weighted by Crippen LogP contribution is -2.12. The molecule has 0 spiro atoms. The van der Waals surface area contributed by atoms with Crippen molar-refractivity contribution in [2.24, 2.45) is 0 Å². The topological polar surface area (TPSA) is 31.2 Å². The van der Waals surface area contributed by atoms with Gasteiger partial charge in [-0.2, -0.15) is 0 Å². The van der Waals surface area contributed by atoms with Gasteiger partial charge < -0.3 is 9.30 Å². The molecule has 0 amide bonds. The van der Waals surface area contributed by atoms with E-state index >= 15 is 0 Å². The predicted octanol–water partition coefficient (Wildman–Crippen LogP) is 5.15. The number of thioether (sulfide) groups is 1. The Bertz CT molecular complexity index is 842. The fourth-order valence-corrected chi connectivity index (χ4v) is 3.72. The Labute approximate surface area is 150 Å². The number of hydrogen-bond donors (Lipinski definition) is 0. The maximum Gasteiger partial charge on any atom is 0.325 e. The standard InChI is InChI=1S/C19H18ClNO2S/c1-2-23-19(22)12-21-11-18(16-5-3-4-6-17(16)21)24-13-14-7-9-15(20)10-8-14/h3-11H,2,12-13H2,1H3. The molecule has 1 heterocycles. The van der Waals surface area contributed by atoms with Crippen molar-refractivity contribution in [1.82, 2.24) is 4.57 Å². The number of carbonyl (C=O) groups excluding carboxylic acids is 1. The van der Waals surface area contributed by atoms with E-state index in [1.165, 1.54) is 5.56 Å². The maximum atomic E-state index is 11.8. The monoisotopic (exact) mass is 359 g/mol. The van der Waals surface area contributed by atoms with Crippen LogP contribution in [-0.4, -0.2) is 17.1 Å². The van der Waals surface area contributed by atoms with Crippen molar-refractivity contribution in [3.8, 4) is 0 Å². The second-order valence-corrected chi connectivity index (χ2v) is 6.81. The van der Waals surface area contributed by atoms with Gasteiger partial charge in [-0.1, -0.05) is 41.9 Å². The molecule has 1 aromatic heterocycles. The third-order valence-corrected chi connectivity index (χ3v) is 5.03. The van der Waals surface area contributed by atoms with Crippen LogP contribution in [0.4, 0.5) is 0 Å². The van der Waals surface area contributed by atoms with E-state index in [0.29, 0.717) is 6.61 Å². The van der Waals surface area contributed by atoms with Gasteiger partial charge in [0.05, 0.1) is 6.61 Å². The Hall–Kier alpha value is -1.91. The largest absolute Gasteiger partial charge is 0.465 e. The molecule has 0 atom stereocenters. The Kier molecular flexibility index (Phi) is 5.48. The first kappa shape index (κ1) is 16.9. The average molecular weight is 360 g/mol. The van der Waals surface area contributed by atoms with Gasteiger partial charge in [0.1, 0.15) is 6.54 Å². The van der Waals surface area contributed by atoms with Crippen LogP contribution in [0, 0.1) is 0 Å². The fourth-order valence-electron chi connectivity index (χ4n) is 2.55. The van der Waals surface area contributed by atoms with Gasteiger partial charge in [-0.3, -0.25) is 4.79 Å². The Balaban J connectivity index is 1.82. The van der Waals surface area contributed by atoms with Crippen LogP contribution in [0.1, 0.15) is 12.5 Å². The highest BCUT2D eigenvalue weighted by Crippen LogP contribution is 2.32. The fraction of sp³-hybridized carbons (Fsp3) is 0.211. The number of halogens is 1. The zero-order valence-corrected chi connectivity index (χ0v) is 14.9. The van der Waals surface area contributed by atoms with Gasteiger partial charge in [-0.15, -0.1) is 11.8 Å². The summed E-state index contributed by atoms with van der Waals surface area (Å²) in [6.45, 7) is 2.45. The summed E-state index contributed by atoms with van der Waals surface area (Å²) in [6.07, 6.45) is 2.03. The third kappa shape index (κ3) is 3.94. The molecule has 2 aromatic carbocycles. The molecule has 0 bridgehead atoms. The molecule has 3 nitrogen and oxygen atoms in total. The number of rotatable bonds is 6. The van der Waals surface area contributed by atoms with Crippen LogP contribution < -0.4 is 0 Å². The summed E-state index contributed by atoms with van der Waals surface area (Å²) in [7, 11) is 0. The van der Waals surface area contributed by atoms with Gasteiger partial charge in [0.15, 0.2) is 0 Å². The minimum Gasteiger partial charge on any atom is -0.465 e. The number of benzene rings is 2. The predicted molar refractivity (Wildman–Crippen MR) is 99.6 cm³/mol. The summed E-state index contributed by atoms with van der Waals surface area (Å²) >= 11 is 7.68. The maximum absolute atomic E-state index is 11.8. The SMILES string of the molecule is CCOC(=O)Cn1cc(SCc2ccc(Cl)cc2)c2ccccc21. The zero-order valence-electron chi connectivity index (χ0n) is 13.4. The molecule has 0 radical (unpaired) electrons. The second-order valence-electron chi connectivity index (χ2n) is 5.36. The van der Waals surface area contributed by atoms with Crippen LogP contribution >= 0.6 is 23.4 Å². The highest BCUT2D eigenvalue weighted by molar-refractivity contribution is 7.98. The highest BCUT2D eigenvalue weighted by atomic mass is 35.5. The minimum absolute atomic E-state index is 0.215. The molecule has 0 unspecified atom stereocenters. The molecular formula is C19H18ClNO2S. The molecule has 0 aliphatic heterocycles. The van der Waals surface area contributed by atoms with Crippen molar-refractivity contribution in [2.45, 2.75) is 24.1 Å². The lowest BCUT2D eigenvalue weighted by atomic mass is 10.2. The van der Waals surface area contributed by atoms with E-state index < -0.39 is 0 Å². The quantitative estimate of drug-likeness (QED) is 0.450. The van der Waals surface area contributed by atoms with Crippen LogP contribution in [0.25, 0.3) is 10.9 Å². The normalized spacial score (nSPS) is 10.9. The first-order valence-corrected chi connectivity index (χ1v) is 9.14. The first-order valence-electron chi connectivity index (χ1n) is 7.78. The molecular weight excluding hydrogens is 342 g/mol. The van der Waals surface area contributed by atoms with Crippen molar-refractivity contribution in [3.63, 3.8) is 0 Å². The number of aromatic nitrogens is 1. The van der Waals surface area contributed by atoms with Crippen LogP contribution in [0.2, 0.25) is 5.02 Å². The van der Waals surface area contributed by atoms with Crippen molar-refractivity contribution >= 4 is 40.2 Å². The van der Waals surface area contributed by atoms with Gasteiger partial charge in [0.2, 0.25) is 0 Å². The number of nitrogens with zero attached hydrogens (tertiary/aromatic N) is 1. The number of carbonyl (C=O) groups is 1. The van der Waals surface area contributed by atoms with Gasteiger partial charge in [-0.05, 0) is 30.7 Å². The van der Waals surface area contributed by atoms with Crippen molar-refractivity contribution in [3.05, 3.63) is 65.3 Å². The number of para-hydroxylation sites is 1. The molecule has 24 heavy (non-hydrogen) atoms. The van der Waals surface area contributed by atoms with E-state index in [4.69, 9.17) is 16.3 Å². The average Bonchev–Trinajstić information content (AvgIpc) is 2.93. The first-order chi connectivity index (χ1) is 11.7.